The smallest absolute Gasteiger partial charge is 0.376 e. The van der Waals surface area contributed by atoms with Gasteiger partial charge in [-0.3, -0.25) is 9.88 Å². The van der Waals surface area contributed by atoms with E-state index in [0.29, 0.717) is 47.2 Å². The number of halogens is 3. The van der Waals surface area contributed by atoms with E-state index in [9.17, 15) is 13.2 Å². The summed E-state index contributed by atoms with van der Waals surface area (Å²) in [4.78, 5) is 15.9. The van der Waals surface area contributed by atoms with E-state index in [4.69, 9.17) is 14.7 Å². The van der Waals surface area contributed by atoms with Gasteiger partial charge in [0.25, 0.3) is 0 Å². The second kappa shape index (κ2) is 10.7. The van der Waals surface area contributed by atoms with Gasteiger partial charge in [0.1, 0.15) is 11.6 Å². The highest BCUT2D eigenvalue weighted by Crippen LogP contribution is 2.37. The molecule has 1 aliphatic heterocycles. The van der Waals surface area contributed by atoms with Crippen molar-refractivity contribution in [2.45, 2.75) is 45.5 Å². The topological polar surface area (TPSA) is 63.2 Å². The number of nitrogens with zero attached hydrogens (tertiary/aromatic N) is 4. The molecule has 1 fully saturated rings. The lowest BCUT2D eigenvalue weighted by Crippen LogP contribution is -2.40. The number of aromatic nitrogens is 3. The summed E-state index contributed by atoms with van der Waals surface area (Å²) in [5.41, 5.74) is 2.10. The Bertz CT molecular complexity index is 1420. The normalized spacial score (nSPS) is 16.8. The summed E-state index contributed by atoms with van der Waals surface area (Å²) in [5.74, 6) is 1.60. The van der Waals surface area contributed by atoms with Gasteiger partial charge in [-0.25, -0.2) is 9.97 Å². The van der Waals surface area contributed by atoms with Crippen LogP contribution in [-0.2, 0) is 17.5 Å². The first kappa shape index (κ1) is 26.1. The molecule has 198 valence electrons. The Labute approximate surface area is 219 Å². The third kappa shape index (κ3) is 5.79. The number of morpholine rings is 1. The molecule has 1 atom stereocenters. The molecule has 1 unspecified atom stereocenters. The van der Waals surface area contributed by atoms with E-state index < -0.39 is 11.7 Å². The molecule has 1 saturated heterocycles. The molecular weight excluding hydrogens is 491 g/mol. The second-order valence-electron chi connectivity index (χ2n) is 9.94. The summed E-state index contributed by atoms with van der Waals surface area (Å²) in [6.45, 7) is 8.96. The highest BCUT2D eigenvalue weighted by atomic mass is 19.4. The molecule has 2 aromatic carbocycles. The molecule has 0 amide bonds. The highest BCUT2D eigenvalue weighted by Gasteiger charge is 2.34. The Kier molecular flexibility index (Phi) is 7.32. The van der Waals surface area contributed by atoms with Crippen LogP contribution in [0, 0.1) is 0 Å². The fourth-order valence-electron chi connectivity index (χ4n) is 4.68. The fourth-order valence-corrected chi connectivity index (χ4v) is 4.68. The van der Waals surface area contributed by atoms with Gasteiger partial charge in [-0.15, -0.1) is 0 Å². The van der Waals surface area contributed by atoms with Crippen molar-refractivity contribution in [2.24, 2.45) is 0 Å². The average Bonchev–Trinajstić information content (AvgIpc) is 2.88. The number of hydrogen-bond donors (Lipinski definition) is 1. The molecule has 5 rings (SSSR count). The maximum absolute atomic E-state index is 13.7. The van der Waals surface area contributed by atoms with Gasteiger partial charge in [-0.1, -0.05) is 32.0 Å². The maximum atomic E-state index is 13.7. The van der Waals surface area contributed by atoms with Gasteiger partial charge in [-0.2, -0.15) is 13.2 Å². The van der Waals surface area contributed by atoms with Gasteiger partial charge in [0.15, 0.2) is 0 Å². The molecule has 0 bridgehead atoms. The van der Waals surface area contributed by atoms with Crippen LogP contribution in [0.1, 0.15) is 43.6 Å². The molecule has 2 aromatic heterocycles. The minimum atomic E-state index is -4.52. The Morgan fingerprint density at radius 1 is 1.08 bits per heavy atom. The van der Waals surface area contributed by atoms with Crippen molar-refractivity contribution in [1.82, 2.24) is 19.9 Å². The van der Waals surface area contributed by atoms with Crippen LogP contribution < -0.4 is 5.32 Å². The Morgan fingerprint density at radius 2 is 1.87 bits per heavy atom. The first-order valence-electron chi connectivity index (χ1n) is 12.7. The molecule has 0 aliphatic carbocycles. The zero-order valence-electron chi connectivity index (χ0n) is 21.6. The summed E-state index contributed by atoms with van der Waals surface area (Å²) >= 11 is 0. The van der Waals surface area contributed by atoms with Crippen molar-refractivity contribution in [2.75, 3.05) is 25.0 Å². The van der Waals surface area contributed by atoms with Gasteiger partial charge in [0.2, 0.25) is 0 Å². The minimum absolute atomic E-state index is 0.109. The zero-order valence-corrected chi connectivity index (χ0v) is 21.6. The first-order valence-corrected chi connectivity index (χ1v) is 12.7. The molecule has 1 aliphatic rings. The third-order valence-electron chi connectivity index (χ3n) is 6.66. The predicted octanol–water partition coefficient (Wildman–Crippen LogP) is 6.80. The molecule has 0 radical (unpaired) electrons. The highest BCUT2D eigenvalue weighted by molar-refractivity contribution is 5.93. The molecule has 1 N–H and O–H groups in total. The van der Waals surface area contributed by atoms with Gasteiger partial charge in [0, 0.05) is 35.9 Å². The van der Waals surface area contributed by atoms with E-state index in [1.165, 1.54) is 17.8 Å². The molecule has 9 heteroatoms. The number of pyridine rings is 1. The predicted molar refractivity (Wildman–Crippen MR) is 142 cm³/mol. The van der Waals surface area contributed by atoms with Crippen molar-refractivity contribution >= 4 is 22.4 Å². The molecule has 38 heavy (non-hydrogen) atoms. The van der Waals surface area contributed by atoms with E-state index >= 15 is 0 Å². The molecule has 4 aromatic rings. The largest absolute Gasteiger partial charge is 0.418 e. The first-order chi connectivity index (χ1) is 18.2. The molecule has 3 heterocycles. The SMILES string of the molecule is CC1CN(Cc2nc(Nc3ccc(C(C)C)cc3)c3ccc(-c4ncccc4C(F)(F)F)cc3n2)CCO1. The van der Waals surface area contributed by atoms with Crippen molar-refractivity contribution in [3.05, 3.63) is 77.7 Å². The van der Waals surface area contributed by atoms with E-state index in [1.54, 1.807) is 18.2 Å². The number of benzene rings is 2. The van der Waals surface area contributed by atoms with E-state index in [1.807, 2.05) is 19.1 Å². The lowest BCUT2D eigenvalue weighted by molar-refractivity contribution is -0.137. The Balaban J connectivity index is 1.57. The number of alkyl halides is 3. The van der Waals surface area contributed by atoms with Gasteiger partial charge < -0.3 is 10.1 Å². The van der Waals surface area contributed by atoms with E-state index in [2.05, 4.69) is 41.2 Å². The number of nitrogens with one attached hydrogen (secondary N) is 1. The Morgan fingerprint density at radius 3 is 2.58 bits per heavy atom. The van der Waals surface area contributed by atoms with Crippen molar-refractivity contribution in [3.63, 3.8) is 0 Å². The van der Waals surface area contributed by atoms with Crippen molar-refractivity contribution < 1.29 is 17.9 Å². The standard InChI is InChI=1S/C29H30F3N5O/c1-18(2)20-6-9-22(10-7-20)34-28-23-11-8-21(27-24(29(30,31)32)5-4-12-33-27)15-25(23)35-26(36-28)17-37-13-14-38-19(3)16-37/h4-12,15,18-19H,13-14,16-17H2,1-3H3,(H,34,35,36). The number of hydrogen-bond acceptors (Lipinski definition) is 6. The zero-order chi connectivity index (χ0) is 26.9. The molecule has 0 saturated carbocycles. The third-order valence-corrected chi connectivity index (χ3v) is 6.66. The molecular formula is C29H30F3N5O. The van der Waals surface area contributed by atoms with Gasteiger partial charge >= 0.3 is 6.18 Å². The van der Waals surface area contributed by atoms with E-state index in [0.717, 1.165) is 24.8 Å². The lowest BCUT2D eigenvalue weighted by atomic mass is 10.0. The quantitative estimate of drug-likeness (QED) is 0.301. The van der Waals surface area contributed by atoms with Crippen LogP contribution in [0.15, 0.2) is 60.8 Å². The van der Waals surface area contributed by atoms with Gasteiger partial charge in [0.05, 0.1) is 36.0 Å². The lowest BCUT2D eigenvalue weighted by Gasteiger charge is -2.30. The van der Waals surface area contributed by atoms with Crippen molar-refractivity contribution in [3.8, 4) is 11.3 Å². The number of fused-ring (bicyclic) bond motifs is 1. The van der Waals surface area contributed by atoms with Crippen LogP contribution in [0.2, 0.25) is 0 Å². The Hall–Kier alpha value is -3.56. The fraction of sp³-hybridized carbons (Fsp3) is 0.345. The van der Waals surface area contributed by atoms with Crippen molar-refractivity contribution in [1.29, 1.82) is 0 Å². The van der Waals surface area contributed by atoms with Crippen LogP contribution in [0.4, 0.5) is 24.7 Å². The van der Waals surface area contributed by atoms with Gasteiger partial charge in [-0.05, 0) is 54.8 Å². The van der Waals surface area contributed by atoms with Crippen LogP contribution >= 0.6 is 0 Å². The monoisotopic (exact) mass is 521 g/mol. The maximum Gasteiger partial charge on any atom is 0.418 e. The van der Waals surface area contributed by atoms with Crippen LogP contribution in [0.3, 0.4) is 0 Å². The number of anilines is 2. The summed E-state index contributed by atoms with van der Waals surface area (Å²) in [6, 6.07) is 15.6. The molecule has 6 nitrogen and oxygen atoms in total. The van der Waals surface area contributed by atoms with Crippen LogP contribution in [-0.4, -0.2) is 45.7 Å². The van der Waals surface area contributed by atoms with Crippen LogP contribution in [0.5, 0.6) is 0 Å². The summed E-state index contributed by atoms with van der Waals surface area (Å²) in [6.07, 6.45) is -3.04. The summed E-state index contributed by atoms with van der Waals surface area (Å²) in [5, 5.41) is 4.12. The number of rotatable bonds is 6. The number of ether oxygens (including phenoxy) is 1. The second-order valence-corrected chi connectivity index (χ2v) is 9.94. The van der Waals surface area contributed by atoms with E-state index in [-0.39, 0.29) is 11.8 Å². The summed E-state index contributed by atoms with van der Waals surface area (Å²) in [7, 11) is 0. The van der Waals surface area contributed by atoms with Crippen LogP contribution in [0.25, 0.3) is 22.2 Å². The average molecular weight is 522 g/mol. The molecule has 0 spiro atoms. The minimum Gasteiger partial charge on any atom is -0.376 e. The summed E-state index contributed by atoms with van der Waals surface area (Å²) < 4.78 is 46.7.